The first-order chi connectivity index (χ1) is 8.28. The van der Waals surface area contributed by atoms with Gasteiger partial charge in [-0.1, -0.05) is 0 Å². The van der Waals surface area contributed by atoms with E-state index in [0.29, 0.717) is 17.9 Å². The highest BCUT2D eigenvalue weighted by atomic mass is 19.1. The highest BCUT2D eigenvalue weighted by Gasteiger charge is 2.32. The molecule has 1 aliphatic heterocycles. The van der Waals surface area contributed by atoms with Crippen LogP contribution in [-0.2, 0) is 6.42 Å². The lowest BCUT2D eigenvalue weighted by molar-refractivity contribution is 0.133. The van der Waals surface area contributed by atoms with Crippen molar-refractivity contribution in [2.45, 2.75) is 25.9 Å². The summed E-state index contributed by atoms with van der Waals surface area (Å²) in [7, 11) is 3.26. The number of urea groups is 1. The number of halogens is 1. The molecule has 1 N–H and O–H groups in total. The average Bonchev–Trinajstić information content (AvgIpc) is 2.53. The second kappa shape index (κ2) is 4.15. The van der Waals surface area contributed by atoms with Crippen LogP contribution in [0.15, 0.2) is 12.1 Å². The van der Waals surface area contributed by atoms with Crippen LogP contribution in [0, 0.1) is 5.82 Å². The summed E-state index contributed by atoms with van der Waals surface area (Å²) in [5.41, 5.74) is 0.841. The lowest BCUT2D eigenvalue weighted by atomic mass is 10.0. The highest BCUT2D eigenvalue weighted by molar-refractivity contribution is 5.89. The van der Waals surface area contributed by atoms with Gasteiger partial charge >= 0.3 is 6.03 Å². The molecular weight excluding hydrogens is 235 g/mol. The molecule has 0 unspecified atom stereocenters. The number of ether oxygens (including phenoxy) is 1. The highest BCUT2D eigenvalue weighted by Crippen LogP contribution is 2.38. The molecule has 18 heavy (non-hydrogen) atoms. The van der Waals surface area contributed by atoms with E-state index >= 15 is 0 Å². The van der Waals surface area contributed by atoms with Crippen molar-refractivity contribution in [1.82, 2.24) is 4.90 Å². The molecule has 0 saturated carbocycles. The van der Waals surface area contributed by atoms with E-state index in [1.54, 1.807) is 20.2 Å². The monoisotopic (exact) mass is 252 g/mol. The third kappa shape index (κ3) is 2.39. The fourth-order valence-electron chi connectivity index (χ4n) is 1.97. The third-order valence-electron chi connectivity index (χ3n) is 2.77. The van der Waals surface area contributed by atoms with Gasteiger partial charge in [0.2, 0.25) is 0 Å². The fraction of sp³-hybridized carbons (Fsp3) is 0.462. The molecule has 1 aliphatic rings. The van der Waals surface area contributed by atoms with E-state index in [-0.39, 0.29) is 6.03 Å². The molecule has 0 spiro atoms. The maximum Gasteiger partial charge on any atom is 0.321 e. The number of nitrogens with one attached hydrogen (secondary N) is 1. The molecule has 2 rings (SSSR count). The number of carbonyl (C=O) groups excluding carboxylic acids is 1. The molecule has 0 aromatic heterocycles. The molecule has 1 heterocycles. The number of hydrogen-bond acceptors (Lipinski definition) is 2. The van der Waals surface area contributed by atoms with Crippen molar-refractivity contribution in [2.24, 2.45) is 0 Å². The predicted octanol–water partition coefficient (Wildman–Crippen LogP) is 2.63. The molecule has 4 nitrogen and oxygen atoms in total. The summed E-state index contributed by atoms with van der Waals surface area (Å²) in [5.74, 6) is -0.144. The Kier molecular flexibility index (Phi) is 2.92. The van der Waals surface area contributed by atoms with Crippen LogP contribution in [0.5, 0.6) is 5.75 Å². The summed E-state index contributed by atoms with van der Waals surface area (Å²) in [5, 5.41) is 2.63. The normalized spacial score (nSPS) is 15.8. The van der Waals surface area contributed by atoms with Crippen molar-refractivity contribution in [3.8, 4) is 5.75 Å². The Labute approximate surface area is 106 Å². The zero-order chi connectivity index (χ0) is 13.5. The number of fused-ring (bicyclic) bond motifs is 1. The lowest BCUT2D eigenvalue weighted by Gasteiger charge is -2.16. The number of rotatable bonds is 1. The molecule has 98 valence electrons. The molecule has 0 atom stereocenters. The van der Waals surface area contributed by atoms with Gasteiger partial charge in [-0.25, -0.2) is 9.18 Å². The molecule has 0 bridgehead atoms. The van der Waals surface area contributed by atoms with Crippen LogP contribution in [0.1, 0.15) is 19.4 Å². The molecule has 2 amide bonds. The van der Waals surface area contributed by atoms with E-state index in [1.807, 2.05) is 13.8 Å². The van der Waals surface area contributed by atoms with Gasteiger partial charge in [-0.2, -0.15) is 0 Å². The van der Waals surface area contributed by atoms with Crippen LogP contribution < -0.4 is 10.1 Å². The molecule has 0 radical (unpaired) electrons. The van der Waals surface area contributed by atoms with Crippen LogP contribution in [0.4, 0.5) is 14.9 Å². The van der Waals surface area contributed by atoms with Gasteiger partial charge in [0.05, 0.1) is 0 Å². The smallest absolute Gasteiger partial charge is 0.321 e. The molecule has 1 aromatic rings. The Morgan fingerprint density at radius 1 is 1.44 bits per heavy atom. The van der Waals surface area contributed by atoms with Crippen molar-refractivity contribution >= 4 is 11.7 Å². The van der Waals surface area contributed by atoms with Crippen LogP contribution in [0.3, 0.4) is 0 Å². The van der Waals surface area contributed by atoms with Crippen molar-refractivity contribution in [2.75, 3.05) is 19.4 Å². The summed E-state index contributed by atoms with van der Waals surface area (Å²) in [4.78, 5) is 12.9. The van der Waals surface area contributed by atoms with Crippen LogP contribution in [-0.4, -0.2) is 30.6 Å². The number of nitrogens with zero attached hydrogens (tertiary/aromatic N) is 1. The zero-order valence-corrected chi connectivity index (χ0v) is 11.0. The Morgan fingerprint density at radius 2 is 2.11 bits per heavy atom. The molecule has 0 fully saturated rings. The Hall–Kier alpha value is -1.78. The minimum atomic E-state index is -0.438. The lowest BCUT2D eigenvalue weighted by Crippen LogP contribution is -2.27. The molecule has 5 heteroatoms. The summed E-state index contributed by atoms with van der Waals surface area (Å²) in [6, 6.07) is 2.75. The van der Waals surface area contributed by atoms with E-state index in [9.17, 15) is 9.18 Å². The predicted molar refractivity (Wildman–Crippen MR) is 67.5 cm³/mol. The largest absolute Gasteiger partial charge is 0.484 e. The first kappa shape index (κ1) is 12.7. The maximum absolute atomic E-state index is 13.9. The van der Waals surface area contributed by atoms with Crippen LogP contribution in [0.2, 0.25) is 0 Å². The van der Waals surface area contributed by atoms with Crippen molar-refractivity contribution in [3.63, 3.8) is 0 Å². The quantitative estimate of drug-likeness (QED) is 0.834. The summed E-state index contributed by atoms with van der Waals surface area (Å²) < 4.78 is 19.4. The van der Waals surface area contributed by atoms with E-state index in [2.05, 4.69) is 5.32 Å². The molecule has 0 aliphatic carbocycles. The van der Waals surface area contributed by atoms with Gasteiger partial charge in [0.1, 0.15) is 5.60 Å². The maximum atomic E-state index is 13.9. The number of amides is 2. The van der Waals surface area contributed by atoms with Gasteiger partial charge in [0.15, 0.2) is 11.6 Å². The van der Waals surface area contributed by atoms with Crippen LogP contribution >= 0.6 is 0 Å². The zero-order valence-electron chi connectivity index (χ0n) is 11.0. The van der Waals surface area contributed by atoms with Crippen molar-refractivity contribution in [3.05, 3.63) is 23.5 Å². The minimum absolute atomic E-state index is 0.285. The average molecular weight is 252 g/mol. The fourth-order valence-corrected chi connectivity index (χ4v) is 1.97. The van der Waals surface area contributed by atoms with Crippen LogP contribution in [0.25, 0.3) is 0 Å². The van der Waals surface area contributed by atoms with Gasteiger partial charge in [-0.05, 0) is 19.9 Å². The van der Waals surface area contributed by atoms with Gasteiger partial charge in [0.25, 0.3) is 0 Å². The first-order valence-electron chi connectivity index (χ1n) is 5.78. The van der Waals surface area contributed by atoms with Crippen molar-refractivity contribution in [1.29, 1.82) is 0 Å². The number of anilines is 1. The first-order valence-corrected chi connectivity index (χ1v) is 5.78. The SMILES string of the molecule is CN(C)C(=O)Nc1cc(F)c2c(c1)CC(C)(C)O2. The summed E-state index contributed by atoms with van der Waals surface area (Å²) in [6.07, 6.45) is 0.630. The minimum Gasteiger partial charge on any atom is -0.484 e. The number of carbonyl (C=O) groups is 1. The topological polar surface area (TPSA) is 41.6 Å². The van der Waals surface area contributed by atoms with E-state index in [4.69, 9.17) is 4.74 Å². The second-order valence-electron chi connectivity index (χ2n) is 5.31. The van der Waals surface area contributed by atoms with E-state index in [1.165, 1.54) is 11.0 Å². The van der Waals surface area contributed by atoms with Gasteiger partial charge < -0.3 is 15.0 Å². The molecule has 1 aromatic carbocycles. The van der Waals surface area contributed by atoms with Crippen molar-refractivity contribution < 1.29 is 13.9 Å². The number of hydrogen-bond donors (Lipinski definition) is 1. The molecule has 0 saturated heterocycles. The van der Waals surface area contributed by atoms with E-state index in [0.717, 1.165) is 5.56 Å². The summed E-state index contributed by atoms with van der Waals surface area (Å²) in [6.45, 7) is 3.81. The Bertz CT molecular complexity index is 498. The van der Waals surface area contributed by atoms with Gasteiger partial charge in [-0.3, -0.25) is 0 Å². The Balaban J connectivity index is 2.28. The summed E-state index contributed by atoms with van der Waals surface area (Å²) >= 11 is 0. The standard InChI is InChI=1S/C13H17FN2O2/c1-13(2)7-8-5-9(15-12(17)16(3)4)6-10(14)11(8)18-13/h5-6H,7H2,1-4H3,(H,15,17). The van der Waals surface area contributed by atoms with Gasteiger partial charge in [0, 0.05) is 37.8 Å². The van der Waals surface area contributed by atoms with Gasteiger partial charge in [-0.15, -0.1) is 0 Å². The van der Waals surface area contributed by atoms with E-state index < -0.39 is 11.4 Å². The molecular formula is C13H17FN2O2. The third-order valence-corrected chi connectivity index (χ3v) is 2.77. The number of benzene rings is 1. The second-order valence-corrected chi connectivity index (χ2v) is 5.31. The Morgan fingerprint density at radius 3 is 2.72 bits per heavy atom.